The number of hydrogen-bond donors (Lipinski definition) is 8. The number of hydrogen-bond acceptors (Lipinski definition) is 7. The SMILES string of the molecule is CC(C)CC(NC(=O)C(N)CS)C(=O)NC(CCC(=O)O)C(=O)NC(Cc1c[nH]c2ccccc12)C(=O)O. The number of H-pyrrole nitrogens is 1. The molecule has 1 aromatic heterocycles. The summed E-state index contributed by atoms with van der Waals surface area (Å²) < 4.78 is 0. The lowest BCUT2D eigenvalue weighted by atomic mass is 10.0. The Kier molecular flexibility index (Phi) is 11.6. The van der Waals surface area contributed by atoms with Gasteiger partial charge < -0.3 is 36.9 Å². The van der Waals surface area contributed by atoms with Crippen LogP contribution in [0.1, 0.15) is 38.7 Å². The van der Waals surface area contributed by atoms with E-state index in [1.807, 2.05) is 32.0 Å². The Morgan fingerprint density at radius 1 is 0.947 bits per heavy atom. The molecule has 0 radical (unpaired) electrons. The number of aliphatic carboxylic acids is 2. The molecule has 3 amide bonds. The molecule has 208 valence electrons. The van der Waals surface area contributed by atoms with Crippen LogP contribution in [-0.2, 0) is 30.4 Å². The molecule has 0 spiro atoms. The van der Waals surface area contributed by atoms with Gasteiger partial charge in [0.15, 0.2) is 0 Å². The molecule has 1 heterocycles. The Morgan fingerprint density at radius 3 is 2.16 bits per heavy atom. The molecule has 0 aliphatic heterocycles. The molecule has 0 bridgehead atoms. The minimum Gasteiger partial charge on any atom is -0.481 e. The smallest absolute Gasteiger partial charge is 0.326 e. The average Bonchev–Trinajstić information content (AvgIpc) is 3.27. The number of carboxylic acid groups (broad SMARTS) is 2. The predicted octanol–water partition coefficient (Wildman–Crippen LogP) is 0.417. The van der Waals surface area contributed by atoms with Gasteiger partial charge in [-0.15, -0.1) is 0 Å². The molecule has 0 saturated heterocycles. The van der Waals surface area contributed by atoms with Crippen molar-refractivity contribution in [1.82, 2.24) is 20.9 Å². The number of aromatic nitrogens is 1. The number of para-hydroxylation sites is 1. The van der Waals surface area contributed by atoms with E-state index in [0.717, 1.165) is 10.9 Å². The van der Waals surface area contributed by atoms with Crippen molar-refractivity contribution in [3.05, 3.63) is 36.0 Å². The third-order valence-corrected chi connectivity index (χ3v) is 6.26. The highest BCUT2D eigenvalue weighted by Gasteiger charge is 2.31. The van der Waals surface area contributed by atoms with Gasteiger partial charge in [-0.25, -0.2) is 4.79 Å². The average molecular weight is 550 g/mol. The summed E-state index contributed by atoms with van der Waals surface area (Å²) in [6.07, 6.45) is 1.10. The van der Waals surface area contributed by atoms with Crippen molar-refractivity contribution in [3.63, 3.8) is 0 Å². The predicted molar refractivity (Wildman–Crippen MR) is 144 cm³/mol. The minimum absolute atomic E-state index is 0.0165. The van der Waals surface area contributed by atoms with Crippen LogP contribution in [0.2, 0.25) is 0 Å². The van der Waals surface area contributed by atoms with Gasteiger partial charge in [-0.05, 0) is 30.4 Å². The maximum absolute atomic E-state index is 13.1. The zero-order chi connectivity index (χ0) is 28.4. The van der Waals surface area contributed by atoms with Crippen LogP contribution in [0.3, 0.4) is 0 Å². The van der Waals surface area contributed by atoms with Crippen molar-refractivity contribution >= 4 is 53.2 Å². The lowest BCUT2D eigenvalue weighted by Crippen LogP contribution is -2.57. The summed E-state index contributed by atoms with van der Waals surface area (Å²) in [5.41, 5.74) is 7.16. The van der Waals surface area contributed by atoms with Crippen LogP contribution in [0.15, 0.2) is 30.5 Å². The van der Waals surface area contributed by atoms with Crippen molar-refractivity contribution in [2.24, 2.45) is 11.7 Å². The van der Waals surface area contributed by atoms with E-state index in [-0.39, 0.29) is 30.9 Å². The van der Waals surface area contributed by atoms with E-state index in [1.165, 1.54) is 0 Å². The summed E-state index contributed by atoms with van der Waals surface area (Å²) in [6, 6.07) is 2.60. The number of carbonyl (C=O) groups is 5. The summed E-state index contributed by atoms with van der Waals surface area (Å²) in [5, 5.41) is 27.1. The first-order valence-corrected chi connectivity index (χ1v) is 12.8. The summed E-state index contributed by atoms with van der Waals surface area (Å²) in [4.78, 5) is 64.7. The highest BCUT2D eigenvalue weighted by atomic mass is 32.1. The molecule has 12 nitrogen and oxygen atoms in total. The van der Waals surface area contributed by atoms with Gasteiger partial charge in [0.2, 0.25) is 17.7 Å². The second kappa shape index (κ2) is 14.4. The van der Waals surface area contributed by atoms with E-state index in [4.69, 9.17) is 10.8 Å². The number of fused-ring (bicyclic) bond motifs is 1. The van der Waals surface area contributed by atoms with Gasteiger partial charge in [0.05, 0.1) is 6.04 Å². The van der Waals surface area contributed by atoms with Gasteiger partial charge in [-0.2, -0.15) is 12.6 Å². The van der Waals surface area contributed by atoms with E-state index >= 15 is 0 Å². The van der Waals surface area contributed by atoms with Gasteiger partial charge in [-0.1, -0.05) is 32.0 Å². The molecule has 0 saturated carbocycles. The molecule has 13 heteroatoms. The molecule has 8 N–H and O–H groups in total. The maximum Gasteiger partial charge on any atom is 0.326 e. The molecule has 4 atom stereocenters. The van der Waals surface area contributed by atoms with Gasteiger partial charge >= 0.3 is 11.9 Å². The number of carbonyl (C=O) groups excluding carboxylic acids is 3. The molecule has 2 rings (SSSR count). The Bertz CT molecular complexity index is 1150. The first-order valence-electron chi connectivity index (χ1n) is 12.2. The molecule has 0 aliphatic carbocycles. The second-order valence-electron chi connectivity index (χ2n) is 9.44. The maximum atomic E-state index is 13.1. The first kappa shape index (κ1) is 30.6. The van der Waals surface area contributed by atoms with Crippen molar-refractivity contribution in [3.8, 4) is 0 Å². The largest absolute Gasteiger partial charge is 0.481 e. The number of rotatable bonds is 15. The van der Waals surface area contributed by atoms with Gasteiger partial charge in [0.25, 0.3) is 0 Å². The number of thiol groups is 1. The quantitative estimate of drug-likeness (QED) is 0.146. The fraction of sp³-hybridized carbons (Fsp3) is 0.480. The second-order valence-corrected chi connectivity index (χ2v) is 9.80. The summed E-state index contributed by atoms with van der Waals surface area (Å²) in [5.74, 6) is -4.62. The highest BCUT2D eigenvalue weighted by molar-refractivity contribution is 7.80. The third kappa shape index (κ3) is 9.06. The van der Waals surface area contributed by atoms with E-state index < -0.39 is 60.2 Å². The summed E-state index contributed by atoms with van der Waals surface area (Å²) in [7, 11) is 0. The fourth-order valence-corrected chi connectivity index (χ4v) is 4.03. The number of nitrogens with two attached hydrogens (primary N) is 1. The monoisotopic (exact) mass is 549 g/mol. The Morgan fingerprint density at radius 2 is 1.55 bits per heavy atom. The van der Waals surface area contributed by atoms with Crippen LogP contribution < -0.4 is 21.7 Å². The fourth-order valence-electron chi connectivity index (χ4n) is 3.87. The zero-order valence-corrected chi connectivity index (χ0v) is 22.2. The minimum atomic E-state index is -1.35. The molecular weight excluding hydrogens is 514 g/mol. The van der Waals surface area contributed by atoms with Crippen LogP contribution in [0.5, 0.6) is 0 Å². The first-order chi connectivity index (χ1) is 17.9. The van der Waals surface area contributed by atoms with Crippen molar-refractivity contribution in [2.45, 2.75) is 63.7 Å². The zero-order valence-electron chi connectivity index (χ0n) is 21.3. The lowest BCUT2D eigenvalue weighted by molar-refractivity contribution is -0.143. The standard InChI is InChI=1S/C25H35N5O7S/c1-13(2)9-19(29-22(33)16(26)12-38)24(35)28-18(7-8-21(31)32)23(34)30-20(25(36)37)10-14-11-27-17-6-4-3-5-15(14)17/h3-6,11,13,16,18-20,27,38H,7-10,12,26H2,1-2H3,(H,28,35)(H,29,33)(H,30,34)(H,31,32)(H,36,37). The normalized spacial score (nSPS) is 14.3. The van der Waals surface area contributed by atoms with Crippen molar-refractivity contribution in [2.75, 3.05) is 5.75 Å². The van der Waals surface area contributed by atoms with Crippen LogP contribution in [0.25, 0.3) is 10.9 Å². The number of aromatic amines is 1. The molecule has 1 aromatic carbocycles. The van der Waals surface area contributed by atoms with E-state index in [1.54, 1.807) is 12.3 Å². The number of nitrogens with one attached hydrogen (secondary N) is 4. The molecule has 38 heavy (non-hydrogen) atoms. The molecule has 0 aliphatic rings. The lowest BCUT2D eigenvalue weighted by Gasteiger charge is -2.25. The molecule has 2 aromatic rings. The molecular formula is C25H35N5O7S. The number of benzene rings is 1. The third-order valence-electron chi connectivity index (χ3n) is 5.87. The summed E-state index contributed by atoms with van der Waals surface area (Å²) >= 11 is 3.98. The van der Waals surface area contributed by atoms with Crippen molar-refractivity contribution < 1.29 is 34.2 Å². The van der Waals surface area contributed by atoms with Gasteiger partial charge in [0.1, 0.15) is 18.1 Å². The van der Waals surface area contributed by atoms with Crippen LogP contribution in [0, 0.1) is 5.92 Å². The van der Waals surface area contributed by atoms with Gasteiger partial charge in [-0.3, -0.25) is 19.2 Å². The van der Waals surface area contributed by atoms with E-state index in [2.05, 4.69) is 33.6 Å². The number of carboxylic acids is 2. The van der Waals surface area contributed by atoms with Crippen molar-refractivity contribution in [1.29, 1.82) is 0 Å². The van der Waals surface area contributed by atoms with E-state index in [0.29, 0.717) is 5.56 Å². The Hall–Kier alpha value is -3.58. The highest BCUT2D eigenvalue weighted by Crippen LogP contribution is 2.19. The Labute approximate surface area is 225 Å². The van der Waals surface area contributed by atoms with Crippen LogP contribution in [-0.4, -0.2) is 74.8 Å². The molecule has 4 unspecified atom stereocenters. The Balaban J connectivity index is 2.20. The molecule has 0 fully saturated rings. The van der Waals surface area contributed by atoms with Crippen LogP contribution in [0.4, 0.5) is 0 Å². The topological polar surface area (TPSA) is 204 Å². The summed E-state index contributed by atoms with van der Waals surface area (Å²) in [6.45, 7) is 3.67. The van der Waals surface area contributed by atoms with Gasteiger partial charge in [0, 0.05) is 35.7 Å². The van der Waals surface area contributed by atoms with Crippen LogP contribution >= 0.6 is 12.6 Å². The van der Waals surface area contributed by atoms with E-state index in [9.17, 15) is 29.1 Å². The number of amides is 3.